The second-order valence-electron chi connectivity index (χ2n) is 8.74. The SMILES string of the molecule is Cn1c(CNC(=O)C2CCCN(S(=O)(=O)c3ccccc3)CCC(=O)NCC2)nc2ccccc21. The van der Waals surface area contributed by atoms with E-state index in [9.17, 15) is 18.0 Å². The topological polar surface area (TPSA) is 113 Å². The van der Waals surface area contributed by atoms with Gasteiger partial charge < -0.3 is 15.2 Å². The van der Waals surface area contributed by atoms with E-state index in [1.54, 1.807) is 30.3 Å². The van der Waals surface area contributed by atoms with Crippen LogP contribution in [0.5, 0.6) is 0 Å². The van der Waals surface area contributed by atoms with Crippen molar-refractivity contribution in [2.24, 2.45) is 13.0 Å². The Morgan fingerprint density at radius 3 is 2.60 bits per heavy atom. The van der Waals surface area contributed by atoms with Crippen LogP contribution in [0.1, 0.15) is 31.5 Å². The summed E-state index contributed by atoms with van der Waals surface area (Å²) in [5, 5.41) is 5.80. The average molecular weight is 498 g/mol. The number of carbonyl (C=O) groups excluding carboxylic acids is 2. The van der Waals surface area contributed by atoms with Crippen molar-refractivity contribution in [2.75, 3.05) is 19.6 Å². The number of nitrogens with one attached hydrogen (secondary N) is 2. The zero-order valence-corrected chi connectivity index (χ0v) is 20.6. The van der Waals surface area contributed by atoms with Gasteiger partial charge in [0.05, 0.1) is 22.5 Å². The van der Waals surface area contributed by atoms with Crippen molar-refractivity contribution in [3.63, 3.8) is 0 Å². The van der Waals surface area contributed by atoms with E-state index in [2.05, 4.69) is 15.6 Å². The molecule has 35 heavy (non-hydrogen) atoms. The maximum Gasteiger partial charge on any atom is 0.243 e. The standard InChI is InChI=1S/C25H31N5O4S/c1-29-22-12-6-5-11-21(22)28-23(29)18-27-25(32)19-8-7-16-30(17-14-24(31)26-15-13-19)35(33,34)20-9-3-2-4-10-20/h2-6,9-12,19H,7-8,13-18H2,1H3,(H,26,31)(H,27,32). The molecule has 1 fully saturated rings. The van der Waals surface area contributed by atoms with Gasteiger partial charge in [0, 0.05) is 39.0 Å². The quantitative estimate of drug-likeness (QED) is 0.561. The summed E-state index contributed by atoms with van der Waals surface area (Å²) >= 11 is 0. The van der Waals surface area contributed by atoms with Crippen LogP contribution < -0.4 is 10.6 Å². The zero-order chi connectivity index (χ0) is 24.8. The lowest BCUT2D eigenvalue weighted by molar-refractivity contribution is -0.126. The second kappa shape index (κ2) is 11.0. The van der Waals surface area contributed by atoms with Gasteiger partial charge in [-0.25, -0.2) is 13.4 Å². The molecule has 10 heteroatoms. The molecule has 4 rings (SSSR count). The van der Waals surface area contributed by atoms with Gasteiger partial charge >= 0.3 is 0 Å². The lowest BCUT2D eigenvalue weighted by Crippen LogP contribution is -2.35. The third-order valence-electron chi connectivity index (χ3n) is 6.42. The van der Waals surface area contributed by atoms with Crippen LogP contribution in [-0.4, -0.2) is 53.7 Å². The lowest BCUT2D eigenvalue weighted by atomic mass is 9.98. The minimum atomic E-state index is -3.72. The summed E-state index contributed by atoms with van der Waals surface area (Å²) < 4.78 is 29.6. The Hall–Kier alpha value is -3.24. The first-order valence-corrected chi connectivity index (χ1v) is 13.3. The van der Waals surface area contributed by atoms with Gasteiger partial charge in [-0.2, -0.15) is 4.31 Å². The summed E-state index contributed by atoms with van der Waals surface area (Å²) in [6.07, 6.45) is 1.61. The minimum absolute atomic E-state index is 0.0790. The van der Waals surface area contributed by atoms with Gasteiger partial charge in [-0.1, -0.05) is 30.3 Å². The third-order valence-corrected chi connectivity index (χ3v) is 8.33. The monoisotopic (exact) mass is 497 g/mol. The average Bonchev–Trinajstić information content (AvgIpc) is 3.16. The van der Waals surface area contributed by atoms with Crippen LogP contribution in [0, 0.1) is 5.92 Å². The van der Waals surface area contributed by atoms with E-state index >= 15 is 0 Å². The fraction of sp³-hybridized carbons (Fsp3) is 0.400. The van der Waals surface area contributed by atoms with Crippen LogP contribution in [-0.2, 0) is 33.2 Å². The normalized spacial score (nSPS) is 18.5. The molecule has 1 unspecified atom stereocenters. The molecule has 1 aromatic heterocycles. The summed E-state index contributed by atoms with van der Waals surface area (Å²) in [4.78, 5) is 30.1. The van der Waals surface area contributed by atoms with Gasteiger partial charge in [-0.15, -0.1) is 0 Å². The highest BCUT2D eigenvalue weighted by Crippen LogP contribution is 2.20. The molecule has 1 saturated heterocycles. The number of hydrogen-bond donors (Lipinski definition) is 2. The third kappa shape index (κ3) is 5.88. The summed E-state index contributed by atoms with van der Waals surface area (Å²) in [7, 11) is -1.81. The first-order valence-electron chi connectivity index (χ1n) is 11.9. The Labute approximate surface area is 205 Å². The Kier molecular flexibility index (Phi) is 7.82. The Morgan fingerprint density at radius 1 is 1.09 bits per heavy atom. The summed E-state index contributed by atoms with van der Waals surface area (Å²) in [6.45, 7) is 1.02. The van der Waals surface area contributed by atoms with E-state index in [0.29, 0.717) is 32.4 Å². The number of carbonyl (C=O) groups is 2. The van der Waals surface area contributed by atoms with E-state index in [0.717, 1.165) is 16.9 Å². The number of nitrogens with zero attached hydrogens (tertiary/aromatic N) is 3. The molecule has 2 aromatic carbocycles. The molecule has 0 spiro atoms. The Balaban J connectivity index is 1.42. The molecule has 0 bridgehead atoms. The van der Waals surface area contributed by atoms with Crippen LogP contribution in [0.2, 0.25) is 0 Å². The van der Waals surface area contributed by atoms with Crippen LogP contribution in [0.3, 0.4) is 0 Å². The Morgan fingerprint density at radius 2 is 1.83 bits per heavy atom. The first-order chi connectivity index (χ1) is 16.9. The van der Waals surface area contributed by atoms with E-state index in [4.69, 9.17) is 0 Å². The van der Waals surface area contributed by atoms with Crippen molar-refractivity contribution in [3.8, 4) is 0 Å². The molecule has 186 valence electrons. The van der Waals surface area contributed by atoms with Crippen molar-refractivity contribution in [1.82, 2.24) is 24.5 Å². The predicted molar refractivity (Wildman–Crippen MR) is 133 cm³/mol. The molecule has 0 aliphatic carbocycles. The number of hydrogen-bond acceptors (Lipinski definition) is 5. The summed E-state index contributed by atoms with van der Waals surface area (Å²) in [6, 6.07) is 16.0. The number of benzene rings is 2. The molecular weight excluding hydrogens is 466 g/mol. The maximum atomic E-state index is 13.1. The number of fused-ring (bicyclic) bond motifs is 1. The fourth-order valence-corrected chi connectivity index (χ4v) is 5.88. The van der Waals surface area contributed by atoms with Gasteiger partial charge in [0.1, 0.15) is 5.82 Å². The Bertz CT molecular complexity index is 1290. The summed E-state index contributed by atoms with van der Waals surface area (Å²) in [5.41, 5.74) is 1.87. The van der Waals surface area contributed by atoms with E-state index < -0.39 is 10.0 Å². The highest BCUT2D eigenvalue weighted by atomic mass is 32.2. The molecule has 1 atom stereocenters. The van der Waals surface area contributed by atoms with Gasteiger partial charge in [0.15, 0.2) is 0 Å². The fourth-order valence-electron chi connectivity index (χ4n) is 4.38. The largest absolute Gasteiger partial charge is 0.356 e. The number of sulfonamides is 1. The minimum Gasteiger partial charge on any atom is -0.356 e. The van der Waals surface area contributed by atoms with E-state index in [-0.39, 0.29) is 42.1 Å². The van der Waals surface area contributed by atoms with Crippen LogP contribution in [0.4, 0.5) is 0 Å². The molecule has 2 N–H and O–H groups in total. The molecular formula is C25H31N5O4S. The van der Waals surface area contributed by atoms with Gasteiger partial charge in [-0.05, 0) is 43.5 Å². The van der Waals surface area contributed by atoms with E-state index in [1.807, 2.05) is 35.9 Å². The van der Waals surface area contributed by atoms with Crippen molar-refractivity contribution < 1.29 is 18.0 Å². The number of amides is 2. The maximum absolute atomic E-state index is 13.1. The van der Waals surface area contributed by atoms with Crippen LogP contribution >= 0.6 is 0 Å². The highest BCUT2D eigenvalue weighted by Gasteiger charge is 2.27. The van der Waals surface area contributed by atoms with E-state index in [1.165, 1.54) is 4.31 Å². The molecule has 2 heterocycles. The second-order valence-corrected chi connectivity index (χ2v) is 10.7. The molecule has 2 amide bonds. The van der Waals surface area contributed by atoms with Crippen LogP contribution in [0.25, 0.3) is 11.0 Å². The number of aryl methyl sites for hydroxylation is 1. The van der Waals surface area contributed by atoms with Crippen molar-refractivity contribution in [1.29, 1.82) is 0 Å². The molecule has 1 aliphatic rings. The number of para-hydroxylation sites is 2. The molecule has 1 aliphatic heterocycles. The first kappa shape index (κ1) is 24.9. The smallest absolute Gasteiger partial charge is 0.243 e. The summed E-state index contributed by atoms with van der Waals surface area (Å²) in [5.74, 6) is 0.0658. The van der Waals surface area contributed by atoms with Crippen molar-refractivity contribution in [2.45, 2.75) is 37.1 Å². The molecule has 0 saturated carbocycles. The van der Waals surface area contributed by atoms with Gasteiger partial charge in [-0.3, -0.25) is 9.59 Å². The van der Waals surface area contributed by atoms with Crippen molar-refractivity contribution in [3.05, 3.63) is 60.4 Å². The number of aromatic nitrogens is 2. The van der Waals surface area contributed by atoms with Crippen molar-refractivity contribution >= 4 is 32.9 Å². The zero-order valence-electron chi connectivity index (χ0n) is 19.8. The van der Waals surface area contributed by atoms with Crippen LogP contribution in [0.15, 0.2) is 59.5 Å². The molecule has 0 radical (unpaired) electrons. The number of rotatable bonds is 5. The number of imidazole rings is 1. The predicted octanol–water partition coefficient (Wildman–Crippen LogP) is 2.19. The lowest BCUT2D eigenvalue weighted by Gasteiger charge is -2.22. The highest BCUT2D eigenvalue weighted by molar-refractivity contribution is 7.89. The van der Waals surface area contributed by atoms with Gasteiger partial charge in [0.25, 0.3) is 0 Å². The van der Waals surface area contributed by atoms with Gasteiger partial charge in [0.2, 0.25) is 21.8 Å². The molecule has 3 aromatic rings. The molecule has 9 nitrogen and oxygen atoms in total.